The Kier molecular flexibility index (Phi) is 5.64. The maximum atomic E-state index is 11.5. The lowest BCUT2D eigenvalue weighted by Gasteiger charge is -2.19. The molecule has 0 bridgehead atoms. The summed E-state index contributed by atoms with van der Waals surface area (Å²) in [4.78, 5) is 30.4. The van der Waals surface area contributed by atoms with E-state index in [1.807, 2.05) is 0 Å². The van der Waals surface area contributed by atoms with Crippen LogP contribution in [-0.4, -0.2) is 39.0 Å². The minimum atomic E-state index is -3.73. The van der Waals surface area contributed by atoms with Crippen LogP contribution in [0.25, 0.3) is 0 Å². The van der Waals surface area contributed by atoms with E-state index in [1.54, 1.807) is 0 Å². The van der Waals surface area contributed by atoms with E-state index in [0.717, 1.165) is 0 Å². The number of carboxylic acids is 2. The smallest absolute Gasteiger partial charge is 0.307 e. The van der Waals surface area contributed by atoms with E-state index in [1.165, 1.54) is 6.92 Å². The summed E-state index contributed by atoms with van der Waals surface area (Å²) in [7, 11) is -3.73. The van der Waals surface area contributed by atoms with Crippen molar-refractivity contribution in [1.82, 2.24) is 0 Å². The zero-order valence-corrected chi connectivity index (χ0v) is 9.76. The highest BCUT2D eigenvalue weighted by atomic mass is 31.2. The fraction of sp³-hybridized carbons (Fsp3) is 0.750. The first-order valence-electron chi connectivity index (χ1n) is 4.68. The summed E-state index contributed by atoms with van der Waals surface area (Å²) in [6, 6.07) is 0. The average Bonchev–Trinajstić information content (AvgIpc) is 2.11. The van der Waals surface area contributed by atoms with E-state index in [9.17, 15) is 19.0 Å². The number of carboxylic acid groups (broad SMARTS) is 2. The number of nitrogens with two attached hydrogens (primary N) is 1. The second-order valence-electron chi connectivity index (χ2n) is 3.65. The molecule has 16 heavy (non-hydrogen) atoms. The summed E-state index contributed by atoms with van der Waals surface area (Å²) in [5, 5.41) is 17.2. The molecule has 0 aliphatic rings. The fourth-order valence-corrected chi connectivity index (χ4v) is 2.38. The molecule has 0 aliphatic heterocycles. The van der Waals surface area contributed by atoms with Crippen LogP contribution in [0, 0.1) is 5.92 Å². The second-order valence-corrected chi connectivity index (χ2v) is 6.34. The van der Waals surface area contributed by atoms with Crippen molar-refractivity contribution in [3.8, 4) is 0 Å². The van der Waals surface area contributed by atoms with Gasteiger partial charge in [-0.3, -0.25) is 14.2 Å². The highest BCUT2D eigenvalue weighted by Crippen LogP contribution is 2.46. The van der Waals surface area contributed by atoms with Crippen LogP contribution in [0.3, 0.4) is 0 Å². The van der Waals surface area contributed by atoms with E-state index in [2.05, 4.69) is 0 Å². The minimum absolute atomic E-state index is 0.179. The number of hydrogen-bond donors (Lipinski definition) is 4. The highest BCUT2D eigenvalue weighted by Gasteiger charge is 2.31. The van der Waals surface area contributed by atoms with Gasteiger partial charge < -0.3 is 20.8 Å². The van der Waals surface area contributed by atoms with Gasteiger partial charge in [0.1, 0.15) is 0 Å². The van der Waals surface area contributed by atoms with Crippen molar-refractivity contribution < 1.29 is 29.3 Å². The van der Waals surface area contributed by atoms with Crippen LogP contribution in [0.1, 0.15) is 19.8 Å². The molecular weight excluding hydrogens is 237 g/mol. The zero-order chi connectivity index (χ0) is 12.9. The van der Waals surface area contributed by atoms with Crippen LogP contribution < -0.4 is 5.73 Å². The van der Waals surface area contributed by atoms with Crippen molar-refractivity contribution in [2.75, 3.05) is 6.16 Å². The van der Waals surface area contributed by atoms with Gasteiger partial charge in [-0.05, 0) is 13.3 Å². The molecule has 0 amide bonds. The predicted molar refractivity (Wildman–Crippen MR) is 56.3 cm³/mol. The molecular formula is C8H16NO6P. The Hall–Kier alpha value is -0.910. The van der Waals surface area contributed by atoms with Crippen LogP contribution in [0.5, 0.6) is 0 Å². The van der Waals surface area contributed by atoms with Crippen molar-refractivity contribution >= 4 is 19.3 Å². The molecule has 0 heterocycles. The Labute approximate surface area is 92.7 Å². The summed E-state index contributed by atoms with van der Waals surface area (Å²) < 4.78 is 11.5. The third-order valence-electron chi connectivity index (χ3n) is 2.17. The Morgan fingerprint density at radius 2 is 1.88 bits per heavy atom. The van der Waals surface area contributed by atoms with Gasteiger partial charge in [0.25, 0.3) is 0 Å². The molecule has 5 N–H and O–H groups in total. The van der Waals surface area contributed by atoms with Gasteiger partial charge in [-0.15, -0.1) is 0 Å². The standard InChI is InChI=1S/C8H16NO6P/c1-5(9)16(14,15)4-6(8(12)13)2-3-7(10)11/h5-6H,2-4,9H2,1H3,(H,10,11)(H,12,13)(H,14,15). The maximum Gasteiger partial charge on any atom is 0.307 e. The first-order valence-corrected chi connectivity index (χ1v) is 6.60. The molecule has 0 aliphatic carbocycles. The Bertz CT molecular complexity index is 316. The minimum Gasteiger partial charge on any atom is -0.481 e. The topological polar surface area (TPSA) is 138 Å². The summed E-state index contributed by atoms with van der Waals surface area (Å²) in [6.07, 6.45) is -1.02. The molecule has 0 radical (unpaired) electrons. The predicted octanol–water partition coefficient (Wildman–Crippen LogP) is 0.127. The van der Waals surface area contributed by atoms with E-state index in [4.69, 9.17) is 15.9 Å². The fourth-order valence-electron chi connectivity index (χ4n) is 1.07. The summed E-state index contributed by atoms with van der Waals surface area (Å²) in [5.74, 6) is -4.59. The van der Waals surface area contributed by atoms with Gasteiger partial charge >= 0.3 is 11.9 Å². The van der Waals surface area contributed by atoms with Gasteiger partial charge in [0.2, 0.25) is 7.37 Å². The number of carbonyl (C=O) groups is 2. The first-order chi connectivity index (χ1) is 7.16. The van der Waals surface area contributed by atoms with E-state index < -0.39 is 37.2 Å². The molecule has 3 unspecified atom stereocenters. The van der Waals surface area contributed by atoms with Crippen LogP contribution in [0.2, 0.25) is 0 Å². The Morgan fingerprint density at radius 1 is 1.38 bits per heavy atom. The molecule has 94 valence electrons. The van der Waals surface area contributed by atoms with Gasteiger partial charge in [-0.1, -0.05) is 0 Å². The molecule has 0 aromatic carbocycles. The molecule has 3 atom stereocenters. The van der Waals surface area contributed by atoms with Crippen LogP contribution in [0.4, 0.5) is 0 Å². The third kappa shape index (κ3) is 5.25. The lowest BCUT2D eigenvalue weighted by atomic mass is 10.1. The SMILES string of the molecule is CC(N)P(=O)(O)CC(CCC(=O)O)C(=O)O. The van der Waals surface area contributed by atoms with Crippen molar-refractivity contribution in [1.29, 1.82) is 0 Å². The number of aliphatic carboxylic acids is 2. The van der Waals surface area contributed by atoms with Crippen LogP contribution in [-0.2, 0) is 14.2 Å². The summed E-state index contributed by atoms with van der Waals surface area (Å²) in [5.41, 5.74) is 5.25. The normalized spacial score (nSPS) is 18.4. The van der Waals surface area contributed by atoms with Crippen molar-refractivity contribution in [2.24, 2.45) is 11.7 Å². The Morgan fingerprint density at radius 3 is 2.19 bits per heavy atom. The third-order valence-corrected chi connectivity index (χ3v) is 4.41. The quantitative estimate of drug-likeness (QED) is 0.473. The maximum absolute atomic E-state index is 11.5. The lowest BCUT2D eigenvalue weighted by molar-refractivity contribution is -0.142. The second kappa shape index (κ2) is 5.98. The van der Waals surface area contributed by atoms with E-state index >= 15 is 0 Å². The van der Waals surface area contributed by atoms with E-state index in [-0.39, 0.29) is 12.8 Å². The molecule has 0 saturated heterocycles. The van der Waals surface area contributed by atoms with Crippen LogP contribution >= 0.6 is 7.37 Å². The van der Waals surface area contributed by atoms with Crippen molar-refractivity contribution in [2.45, 2.75) is 25.5 Å². The van der Waals surface area contributed by atoms with Gasteiger partial charge in [0.05, 0.1) is 11.7 Å². The van der Waals surface area contributed by atoms with Crippen molar-refractivity contribution in [3.63, 3.8) is 0 Å². The van der Waals surface area contributed by atoms with Gasteiger partial charge in [-0.25, -0.2) is 0 Å². The number of hydrogen-bond acceptors (Lipinski definition) is 4. The molecule has 0 aromatic heterocycles. The van der Waals surface area contributed by atoms with Gasteiger partial charge in [0.15, 0.2) is 0 Å². The zero-order valence-electron chi connectivity index (χ0n) is 8.87. The van der Waals surface area contributed by atoms with E-state index in [0.29, 0.717) is 0 Å². The summed E-state index contributed by atoms with van der Waals surface area (Å²) in [6.45, 7) is 1.32. The molecule has 7 nitrogen and oxygen atoms in total. The largest absolute Gasteiger partial charge is 0.481 e. The highest BCUT2D eigenvalue weighted by molar-refractivity contribution is 7.58. The number of rotatable bonds is 7. The van der Waals surface area contributed by atoms with Crippen LogP contribution in [0.15, 0.2) is 0 Å². The van der Waals surface area contributed by atoms with Gasteiger partial charge in [0, 0.05) is 12.6 Å². The molecule has 0 rings (SSSR count). The molecule has 0 fully saturated rings. The Balaban J connectivity index is 4.52. The average molecular weight is 253 g/mol. The molecule has 0 saturated carbocycles. The summed E-state index contributed by atoms with van der Waals surface area (Å²) >= 11 is 0. The van der Waals surface area contributed by atoms with Gasteiger partial charge in [-0.2, -0.15) is 0 Å². The molecule has 0 aromatic rings. The van der Waals surface area contributed by atoms with Crippen molar-refractivity contribution in [3.05, 3.63) is 0 Å². The first kappa shape index (κ1) is 15.1. The molecule has 0 spiro atoms. The molecule has 8 heteroatoms. The monoisotopic (exact) mass is 253 g/mol. The lowest BCUT2D eigenvalue weighted by Crippen LogP contribution is -2.25.